The van der Waals surface area contributed by atoms with E-state index in [1.54, 1.807) is 18.3 Å². The molecule has 3 aromatic rings. The third-order valence-electron chi connectivity index (χ3n) is 4.90. The maximum absolute atomic E-state index is 12.7. The largest absolute Gasteiger partial charge is 0.474 e. The number of hydrogen-bond acceptors (Lipinski definition) is 6. The number of nitrogens with zero attached hydrogens (tertiary/aromatic N) is 1. The Kier molecular flexibility index (Phi) is 5.20. The topological polar surface area (TPSA) is 134 Å². The van der Waals surface area contributed by atoms with E-state index in [4.69, 9.17) is 4.74 Å². The minimum absolute atomic E-state index is 0.00174. The van der Waals surface area contributed by atoms with Gasteiger partial charge >= 0.3 is 5.69 Å². The Morgan fingerprint density at radius 1 is 1.14 bits per heavy atom. The van der Waals surface area contributed by atoms with Crippen molar-refractivity contribution in [2.75, 3.05) is 0 Å². The molecule has 2 aromatic heterocycles. The molecule has 1 aliphatic rings. The van der Waals surface area contributed by atoms with Crippen molar-refractivity contribution in [1.82, 2.24) is 19.7 Å². The van der Waals surface area contributed by atoms with Gasteiger partial charge in [-0.2, -0.15) is 0 Å². The van der Waals surface area contributed by atoms with E-state index in [0.717, 1.165) is 25.7 Å². The number of aromatic nitrogens is 3. The second kappa shape index (κ2) is 7.80. The van der Waals surface area contributed by atoms with Crippen LogP contribution in [0.4, 0.5) is 0 Å². The van der Waals surface area contributed by atoms with Gasteiger partial charge in [-0.3, -0.25) is 9.78 Å². The van der Waals surface area contributed by atoms with Crippen molar-refractivity contribution in [1.29, 1.82) is 0 Å². The summed E-state index contributed by atoms with van der Waals surface area (Å²) in [6, 6.07) is 7.43. The number of benzene rings is 1. The minimum Gasteiger partial charge on any atom is -0.474 e. The lowest BCUT2D eigenvalue weighted by Crippen LogP contribution is -2.25. The van der Waals surface area contributed by atoms with E-state index in [0.29, 0.717) is 11.4 Å². The molecular weight excluding hydrogens is 396 g/mol. The zero-order valence-electron chi connectivity index (χ0n) is 15.5. The summed E-state index contributed by atoms with van der Waals surface area (Å²) in [5.41, 5.74) is -0.411. The van der Waals surface area contributed by atoms with Crippen molar-refractivity contribution >= 4 is 20.9 Å². The average Bonchev–Trinajstić information content (AvgIpc) is 3.20. The number of aromatic amines is 2. The van der Waals surface area contributed by atoms with Crippen molar-refractivity contribution in [3.63, 3.8) is 0 Å². The number of sulfonamides is 1. The third kappa shape index (κ3) is 4.22. The lowest BCUT2D eigenvalue weighted by Gasteiger charge is -2.15. The molecule has 152 valence electrons. The zero-order valence-corrected chi connectivity index (χ0v) is 16.3. The summed E-state index contributed by atoms with van der Waals surface area (Å²) >= 11 is 0. The van der Waals surface area contributed by atoms with Crippen LogP contribution in [0.25, 0.3) is 10.9 Å². The Hall–Kier alpha value is -2.98. The first-order chi connectivity index (χ1) is 13.9. The van der Waals surface area contributed by atoms with Crippen molar-refractivity contribution in [3.05, 3.63) is 62.9 Å². The lowest BCUT2D eigenvalue weighted by molar-refractivity contribution is 0.199. The number of ether oxygens (including phenoxy) is 1. The molecule has 0 unspecified atom stereocenters. The van der Waals surface area contributed by atoms with E-state index in [1.807, 2.05) is 0 Å². The van der Waals surface area contributed by atoms with Crippen LogP contribution >= 0.6 is 0 Å². The molecule has 0 amide bonds. The summed E-state index contributed by atoms with van der Waals surface area (Å²) in [6.45, 7) is -0.00174. The van der Waals surface area contributed by atoms with Crippen LogP contribution in [-0.4, -0.2) is 29.5 Å². The summed E-state index contributed by atoms with van der Waals surface area (Å²) in [5, 5.41) is 0.0825. The molecule has 1 saturated carbocycles. The summed E-state index contributed by atoms with van der Waals surface area (Å²) in [6.07, 6.45) is 5.89. The molecule has 0 bridgehead atoms. The highest BCUT2D eigenvalue weighted by molar-refractivity contribution is 7.89. The Bertz CT molecular complexity index is 1260. The predicted octanol–water partition coefficient (Wildman–Crippen LogP) is 1.41. The van der Waals surface area contributed by atoms with Crippen molar-refractivity contribution in [2.45, 2.75) is 43.2 Å². The number of H-pyrrole nitrogens is 2. The van der Waals surface area contributed by atoms with Crippen LogP contribution in [0.2, 0.25) is 0 Å². The third-order valence-corrected chi connectivity index (χ3v) is 6.30. The van der Waals surface area contributed by atoms with E-state index in [1.165, 1.54) is 18.2 Å². The van der Waals surface area contributed by atoms with Crippen LogP contribution in [0, 0.1) is 0 Å². The first kappa shape index (κ1) is 19.3. The Labute approximate surface area is 166 Å². The Morgan fingerprint density at radius 2 is 1.93 bits per heavy atom. The van der Waals surface area contributed by atoms with Gasteiger partial charge in [0.1, 0.15) is 6.10 Å². The molecule has 0 spiro atoms. The molecule has 4 rings (SSSR count). The van der Waals surface area contributed by atoms with Gasteiger partial charge in [0, 0.05) is 18.3 Å². The predicted molar refractivity (Wildman–Crippen MR) is 106 cm³/mol. The van der Waals surface area contributed by atoms with Gasteiger partial charge < -0.3 is 9.72 Å². The normalized spacial score (nSPS) is 15.0. The Morgan fingerprint density at radius 3 is 2.72 bits per heavy atom. The zero-order chi connectivity index (χ0) is 20.4. The molecule has 0 aliphatic heterocycles. The monoisotopic (exact) mass is 416 g/mol. The summed E-state index contributed by atoms with van der Waals surface area (Å²) in [5.74, 6) is 0.426. The van der Waals surface area contributed by atoms with Gasteiger partial charge in [-0.15, -0.1) is 0 Å². The molecule has 10 heteroatoms. The molecule has 3 N–H and O–H groups in total. The summed E-state index contributed by atoms with van der Waals surface area (Å²) < 4.78 is 33.9. The van der Waals surface area contributed by atoms with E-state index >= 15 is 0 Å². The second-order valence-corrected chi connectivity index (χ2v) is 8.70. The first-order valence-corrected chi connectivity index (χ1v) is 10.8. The molecular formula is C19H20N4O5S. The van der Waals surface area contributed by atoms with Crippen LogP contribution in [0.15, 0.2) is 51.0 Å². The SMILES string of the molecule is O=c1[nH]c(=O)c2cc(S(=O)(=O)NCc3cccnc3OC3CCCC3)ccc2[nH]1. The number of nitrogens with one attached hydrogen (secondary N) is 3. The van der Waals surface area contributed by atoms with Crippen molar-refractivity contribution in [2.24, 2.45) is 0 Å². The van der Waals surface area contributed by atoms with Gasteiger partial charge in [0.25, 0.3) is 5.56 Å². The van der Waals surface area contributed by atoms with E-state index in [9.17, 15) is 18.0 Å². The second-order valence-electron chi connectivity index (χ2n) is 6.93. The van der Waals surface area contributed by atoms with Gasteiger partial charge in [-0.25, -0.2) is 22.9 Å². The number of rotatable bonds is 6. The van der Waals surface area contributed by atoms with Crippen molar-refractivity contribution in [3.8, 4) is 5.88 Å². The molecule has 0 saturated heterocycles. The van der Waals surface area contributed by atoms with E-state index < -0.39 is 21.3 Å². The molecule has 29 heavy (non-hydrogen) atoms. The van der Waals surface area contributed by atoms with Crippen LogP contribution in [0.1, 0.15) is 31.2 Å². The molecule has 2 heterocycles. The average molecular weight is 416 g/mol. The van der Waals surface area contributed by atoms with E-state index in [-0.39, 0.29) is 28.4 Å². The summed E-state index contributed by atoms with van der Waals surface area (Å²) in [4.78, 5) is 32.0. The van der Waals surface area contributed by atoms with Gasteiger partial charge in [-0.05, 0) is 49.9 Å². The van der Waals surface area contributed by atoms with Crippen LogP contribution in [0.3, 0.4) is 0 Å². The van der Waals surface area contributed by atoms with Gasteiger partial charge in [0.05, 0.1) is 15.8 Å². The fourth-order valence-corrected chi connectivity index (χ4v) is 4.43. The minimum atomic E-state index is -3.90. The fourth-order valence-electron chi connectivity index (χ4n) is 3.40. The summed E-state index contributed by atoms with van der Waals surface area (Å²) in [7, 11) is -3.90. The van der Waals surface area contributed by atoms with Crippen LogP contribution in [0.5, 0.6) is 5.88 Å². The molecule has 9 nitrogen and oxygen atoms in total. The van der Waals surface area contributed by atoms with Crippen LogP contribution in [-0.2, 0) is 16.6 Å². The highest BCUT2D eigenvalue weighted by Gasteiger charge is 2.20. The molecule has 1 aliphatic carbocycles. The van der Waals surface area contributed by atoms with Gasteiger partial charge in [0.15, 0.2) is 0 Å². The number of hydrogen-bond donors (Lipinski definition) is 3. The smallest absolute Gasteiger partial charge is 0.326 e. The van der Waals surface area contributed by atoms with Gasteiger partial charge in [-0.1, -0.05) is 6.07 Å². The number of fused-ring (bicyclic) bond motifs is 1. The maximum atomic E-state index is 12.7. The quantitative estimate of drug-likeness (QED) is 0.556. The molecule has 1 fully saturated rings. The highest BCUT2D eigenvalue weighted by Crippen LogP contribution is 2.25. The maximum Gasteiger partial charge on any atom is 0.326 e. The van der Waals surface area contributed by atoms with Crippen LogP contribution < -0.4 is 20.7 Å². The molecule has 0 atom stereocenters. The van der Waals surface area contributed by atoms with E-state index in [2.05, 4.69) is 19.7 Å². The lowest BCUT2D eigenvalue weighted by atomic mass is 10.2. The highest BCUT2D eigenvalue weighted by atomic mass is 32.2. The fraction of sp³-hybridized carbons (Fsp3) is 0.316. The van der Waals surface area contributed by atoms with Crippen molar-refractivity contribution < 1.29 is 13.2 Å². The molecule has 1 aromatic carbocycles. The molecule has 0 radical (unpaired) electrons. The number of pyridine rings is 1. The first-order valence-electron chi connectivity index (χ1n) is 9.29. The Balaban J connectivity index is 1.56. The standard InChI is InChI=1S/C19H20N4O5S/c24-17-15-10-14(7-8-16(15)22-19(25)23-17)29(26,27)21-11-12-4-3-9-20-18(12)28-13-5-1-2-6-13/h3-4,7-10,13,21H,1-2,5-6,11H2,(H2,22,23,24,25). The van der Waals surface area contributed by atoms with Gasteiger partial charge in [0.2, 0.25) is 15.9 Å².